The van der Waals surface area contributed by atoms with Crippen LogP contribution >= 0.6 is 0 Å². The lowest BCUT2D eigenvalue weighted by atomic mass is 10.1. The van der Waals surface area contributed by atoms with Gasteiger partial charge in [-0.05, 0) is 0 Å². The molecule has 21 heavy (non-hydrogen) atoms. The Kier molecular flexibility index (Phi) is 3.34. The van der Waals surface area contributed by atoms with E-state index in [-0.39, 0.29) is 12.4 Å². The maximum Gasteiger partial charge on any atom is 0.330 e. The van der Waals surface area contributed by atoms with E-state index in [0.717, 1.165) is 0 Å². The van der Waals surface area contributed by atoms with Gasteiger partial charge in [0.1, 0.15) is 12.2 Å². The number of H-pyrrole nitrogens is 2. The molecule has 10 nitrogen and oxygen atoms in total. The fraction of sp³-hybridized carbons (Fsp3) is 0.636. The van der Waals surface area contributed by atoms with E-state index in [0.29, 0.717) is 10.7 Å². The molecule has 6 N–H and O–H groups in total. The van der Waals surface area contributed by atoms with E-state index in [4.69, 9.17) is 9.84 Å². The zero-order chi connectivity index (χ0) is 15.3. The van der Waals surface area contributed by atoms with Crippen LogP contribution in [-0.2, 0) is 4.74 Å². The molecule has 1 saturated heterocycles. The number of rotatable bonds is 2. The summed E-state index contributed by atoms with van der Waals surface area (Å²) < 4.78 is 5.46. The number of aromatic amines is 2. The molecule has 0 bridgehead atoms. The third-order valence-corrected chi connectivity index (χ3v) is 3.91. The van der Waals surface area contributed by atoms with E-state index in [1.54, 1.807) is 11.9 Å². The van der Waals surface area contributed by atoms with Crippen LogP contribution < -0.4 is 21.0 Å². The largest absolute Gasteiger partial charge is 0.394 e. The molecule has 116 valence electrons. The summed E-state index contributed by atoms with van der Waals surface area (Å²) in [5.74, 6) is 0.293. The number of aliphatic hydroxyl groups excluding tert-OH is 3. The lowest BCUT2D eigenvalue weighted by Gasteiger charge is -2.22. The molecule has 3 rings (SSSR count). The van der Waals surface area contributed by atoms with E-state index in [1.165, 1.54) is 0 Å². The summed E-state index contributed by atoms with van der Waals surface area (Å²) in [5, 5.41) is 29.0. The topological polar surface area (TPSA) is 143 Å². The predicted molar refractivity (Wildman–Crippen MR) is 69.3 cm³/mol. The zero-order valence-corrected chi connectivity index (χ0v) is 11.2. The van der Waals surface area contributed by atoms with Gasteiger partial charge in [-0.3, -0.25) is 14.8 Å². The van der Waals surface area contributed by atoms with Gasteiger partial charge in [0, 0.05) is 7.05 Å². The molecule has 1 aromatic heterocycles. The number of fused-ring (bicyclic) bond motifs is 1. The summed E-state index contributed by atoms with van der Waals surface area (Å²) in [5.41, 5.74) is -0.904. The Morgan fingerprint density at radius 3 is 2.67 bits per heavy atom. The third-order valence-electron chi connectivity index (χ3n) is 3.91. The number of hydrogen-bond acceptors (Lipinski definition) is 7. The van der Waals surface area contributed by atoms with E-state index >= 15 is 0 Å². The standard InChI is InChI=1S/C11H16N4O6/c1-14-3-15(8-5(14)9(19)13-11(20)12-8)10-7(18)6(17)4(2-16)21-10/h4,6-7,10,16-18H,2-3H2,1H3,(H2,12,13,19,20)/p+1/t4-,6-,7-,10-/m1/s1. The van der Waals surface area contributed by atoms with Crippen LogP contribution in [0.4, 0.5) is 11.5 Å². The average Bonchev–Trinajstić information content (AvgIpc) is 2.89. The van der Waals surface area contributed by atoms with Crippen LogP contribution in [0.15, 0.2) is 9.59 Å². The Balaban J connectivity index is 2.01. The van der Waals surface area contributed by atoms with E-state index < -0.39 is 42.4 Å². The lowest BCUT2D eigenvalue weighted by molar-refractivity contribution is -0.885. The van der Waals surface area contributed by atoms with Gasteiger partial charge in [-0.2, -0.15) is 0 Å². The van der Waals surface area contributed by atoms with Crippen molar-refractivity contribution in [1.82, 2.24) is 9.97 Å². The van der Waals surface area contributed by atoms with Gasteiger partial charge in [0.2, 0.25) is 12.0 Å². The molecule has 0 aromatic carbocycles. The summed E-state index contributed by atoms with van der Waals surface area (Å²) in [4.78, 5) is 30.1. The first-order valence-corrected chi connectivity index (χ1v) is 6.50. The van der Waals surface area contributed by atoms with Crippen LogP contribution in [0, 0.1) is 0 Å². The molecule has 0 amide bonds. The number of ether oxygens (including phenoxy) is 1. The van der Waals surface area contributed by atoms with Crippen molar-refractivity contribution in [2.45, 2.75) is 24.5 Å². The second kappa shape index (κ2) is 4.93. The number of anilines is 1. The highest BCUT2D eigenvalue weighted by atomic mass is 16.6. The molecule has 2 aliphatic heterocycles. The van der Waals surface area contributed by atoms with Crippen LogP contribution in [0.2, 0.25) is 0 Å². The molecule has 3 heterocycles. The predicted octanol–water partition coefficient (Wildman–Crippen LogP) is -4.57. The van der Waals surface area contributed by atoms with Gasteiger partial charge < -0.3 is 25.0 Å². The average molecular weight is 301 g/mol. The molecule has 1 aromatic rings. The normalized spacial score (nSPS) is 35.2. The second-order valence-electron chi connectivity index (χ2n) is 5.27. The van der Waals surface area contributed by atoms with Crippen LogP contribution in [0.5, 0.6) is 0 Å². The molecule has 1 fully saturated rings. The van der Waals surface area contributed by atoms with Crippen LogP contribution in [0.25, 0.3) is 0 Å². The molecule has 1 unspecified atom stereocenters. The summed E-state index contributed by atoms with van der Waals surface area (Å²) in [6.45, 7) is -0.165. The summed E-state index contributed by atoms with van der Waals surface area (Å²) in [6, 6.07) is 0. The molecule has 0 radical (unpaired) electrons. The van der Waals surface area contributed by atoms with E-state index in [1.807, 2.05) is 0 Å². The molecule has 0 spiro atoms. The minimum absolute atomic E-state index is 0.269. The molecule has 0 aliphatic carbocycles. The van der Waals surface area contributed by atoms with Crippen LogP contribution in [0.1, 0.15) is 0 Å². The van der Waals surface area contributed by atoms with Gasteiger partial charge in [0.25, 0.3) is 5.56 Å². The first-order valence-electron chi connectivity index (χ1n) is 6.50. The van der Waals surface area contributed by atoms with Crippen molar-refractivity contribution < 1.29 is 25.0 Å². The number of hydrogen-bond donors (Lipinski definition) is 6. The van der Waals surface area contributed by atoms with Crippen molar-refractivity contribution in [2.75, 3.05) is 25.2 Å². The van der Waals surface area contributed by atoms with Crippen molar-refractivity contribution in [3.8, 4) is 0 Å². The second-order valence-corrected chi connectivity index (χ2v) is 5.27. The van der Waals surface area contributed by atoms with Gasteiger partial charge in [-0.25, -0.2) is 9.69 Å². The van der Waals surface area contributed by atoms with Crippen LogP contribution in [-0.4, -0.2) is 70.2 Å². The zero-order valence-electron chi connectivity index (χ0n) is 11.2. The minimum atomic E-state index is -1.24. The van der Waals surface area contributed by atoms with Gasteiger partial charge in [0.05, 0.1) is 6.61 Å². The minimum Gasteiger partial charge on any atom is -0.394 e. The maximum atomic E-state index is 11.8. The number of nitrogens with one attached hydrogen (secondary N) is 3. The Morgan fingerprint density at radius 2 is 2.05 bits per heavy atom. The Bertz CT molecular complexity index is 657. The van der Waals surface area contributed by atoms with Gasteiger partial charge >= 0.3 is 5.69 Å². The first-order chi connectivity index (χ1) is 9.93. The molecule has 2 aliphatic rings. The molecular formula is C11H17N4O6+. The monoisotopic (exact) mass is 301 g/mol. The smallest absolute Gasteiger partial charge is 0.330 e. The van der Waals surface area contributed by atoms with Crippen LogP contribution in [0.3, 0.4) is 0 Å². The van der Waals surface area contributed by atoms with Crippen molar-refractivity contribution in [3.63, 3.8) is 0 Å². The summed E-state index contributed by atoms with van der Waals surface area (Å²) >= 11 is 0. The Hall–Kier alpha value is -1.72. The quantitative estimate of drug-likeness (QED) is 0.323. The third kappa shape index (κ3) is 2.08. The van der Waals surface area contributed by atoms with Gasteiger partial charge in [-0.1, -0.05) is 0 Å². The van der Waals surface area contributed by atoms with Crippen molar-refractivity contribution >= 4 is 11.5 Å². The summed E-state index contributed by atoms with van der Waals surface area (Å²) in [6.07, 6.45) is -4.26. The highest BCUT2D eigenvalue weighted by molar-refractivity contribution is 5.58. The van der Waals surface area contributed by atoms with E-state index in [9.17, 15) is 19.8 Å². The Morgan fingerprint density at radius 1 is 1.33 bits per heavy atom. The highest BCUT2D eigenvalue weighted by Crippen LogP contribution is 2.22. The lowest BCUT2D eigenvalue weighted by Crippen LogP contribution is -3.13. The first kappa shape index (κ1) is 14.2. The fourth-order valence-corrected chi connectivity index (χ4v) is 2.91. The van der Waals surface area contributed by atoms with Gasteiger partial charge in [0.15, 0.2) is 18.5 Å². The molecule has 5 atom stereocenters. The molecule has 10 heteroatoms. The number of quaternary nitrogens is 1. The number of nitrogens with zero attached hydrogens (tertiary/aromatic N) is 1. The van der Waals surface area contributed by atoms with Gasteiger partial charge in [-0.15, -0.1) is 0 Å². The van der Waals surface area contributed by atoms with Crippen molar-refractivity contribution in [2.24, 2.45) is 0 Å². The number of aromatic nitrogens is 2. The molecular weight excluding hydrogens is 284 g/mol. The highest BCUT2D eigenvalue weighted by Gasteiger charge is 2.51. The SMILES string of the molecule is CN1C[NH+]([C@@H]2O[C@H](CO)[C@@H](O)[C@H]2O)c2[nH]c(=O)[nH]c(=O)c21. The van der Waals surface area contributed by atoms with Crippen molar-refractivity contribution in [1.29, 1.82) is 0 Å². The Labute approximate surface area is 118 Å². The number of aliphatic hydroxyl groups is 3. The van der Waals surface area contributed by atoms with E-state index in [2.05, 4.69) is 9.97 Å². The maximum absolute atomic E-state index is 11.8. The summed E-state index contributed by atoms with van der Waals surface area (Å²) in [7, 11) is 1.67. The molecule has 0 saturated carbocycles. The van der Waals surface area contributed by atoms with Crippen molar-refractivity contribution in [3.05, 3.63) is 20.8 Å². The fourth-order valence-electron chi connectivity index (χ4n) is 2.91.